The Morgan fingerprint density at radius 3 is 2.36 bits per heavy atom. The Morgan fingerprint density at radius 1 is 0.934 bits per heavy atom. The third kappa shape index (κ3) is 10.6. The lowest BCUT2D eigenvalue weighted by atomic mass is 9.93. The molecule has 1 N–H and O–H groups in total. The van der Waals surface area contributed by atoms with Crippen molar-refractivity contribution in [3.05, 3.63) is 60.4 Å². The number of piperidine rings is 1. The normalized spacial score (nSPS) is 18.5. The van der Waals surface area contributed by atoms with Crippen LogP contribution in [0.2, 0.25) is 43.8 Å². The minimum atomic E-state index is -1.89. The monoisotopic (exact) mass is 867 g/mol. The molecule has 3 aromatic heterocycles. The van der Waals surface area contributed by atoms with Crippen molar-refractivity contribution in [1.29, 1.82) is 0 Å². The number of esters is 1. The van der Waals surface area contributed by atoms with Gasteiger partial charge < -0.3 is 28.5 Å². The van der Waals surface area contributed by atoms with Gasteiger partial charge in [0.25, 0.3) is 0 Å². The van der Waals surface area contributed by atoms with Gasteiger partial charge in [-0.15, -0.1) is 0 Å². The van der Waals surface area contributed by atoms with E-state index in [4.69, 9.17) is 28.7 Å². The van der Waals surface area contributed by atoms with Crippen molar-refractivity contribution < 1.29 is 23.4 Å². The van der Waals surface area contributed by atoms with Gasteiger partial charge in [-0.3, -0.25) is 14.7 Å². The number of fused-ring (bicyclic) bond motifs is 2. The summed E-state index contributed by atoms with van der Waals surface area (Å²) in [6.07, 6.45) is 9.55. The van der Waals surface area contributed by atoms with Crippen molar-refractivity contribution in [1.82, 2.24) is 29.2 Å². The number of rotatable bonds is 16. The minimum absolute atomic E-state index is 0.0101. The number of hydrogen-bond acceptors (Lipinski definition) is 10. The Bertz CT molecular complexity index is 2280. The van der Waals surface area contributed by atoms with Crippen molar-refractivity contribution in [2.75, 3.05) is 38.7 Å². The lowest BCUT2D eigenvalue weighted by molar-refractivity contribution is -0.149. The molecule has 2 aromatic carbocycles. The standard InChI is InChI=1S/C47H69N7O5Si2/c1-11-58-45(55)34-21-24-52(25-22-34)31-33-12-18-42-40(28-33)49-46(54(42)36-14-16-37(17-15-36)59-61(9,10)47(2,3)4)50-44-38-29-35(39-30-48-23-20-43(39)56-5)13-19-41(38)53(51-44)32-57-26-27-60(6,7)8/h12-13,18-20,23,28-30,34,36-37H,11,14-17,21-22,24-27,31-32H2,1-10H3,(H,49,50,51). The van der Waals surface area contributed by atoms with E-state index in [1.54, 1.807) is 13.3 Å². The maximum absolute atomic E-state index is 12.4. The number of carbonyl (C=O) groups excluding carboxylic acids is 1. The number of anilines is 2. The second-order valence-electron chi connectivity index (χ2n) is 19.9. The molecule has 5 aromatic rings. The molecule has 1 saturated carbocycles. The van der Waals surface area contributed by atoms with Crippen LogP contribution in [0, 0.1) is 5.92 Å². The zero-order chi connectivity index (χ0) is 43.5. The number of hydrogen-bond donors (Lipinski definition) is 1. The number of nitrogens with zero attached hydrogens (tertiary/aromatic N) is 6. The number of benzene rings is 2. The molecule has 2 fully saturated rings. The molecule has 0 spiro atoms. The van der Waals surface area contributed by atoms with Gasteiger partial charge in [0.1, 0.15) is 12.5 Å². The highest BCUT2D eigenvalue weighted by Gasteiger charge is 2.40. The zero-order valence-electron chi connectivity index (χ0n) is 38.3. The average molecular weight is 868 g/mol. The van der Waals surface area contributed by atoms with E-state index in [2.05, 4.69) is 110 Å². The van der Waals surface area contributed by atoms with Gasteiger partial charge in [0.05, 0.1) is 36.2 Å². The molecule has 4 heterocycles. The molecule has 330 valence electrons. The Hall–Kier alpha value is -4.09. The van der Waals surface area contributed by atoms with Gasteiger partial charge in [0, 0.05) is 56.7 Å². The van der Waals surface area contributed by atoms with Crippen molar-refractivity contribution >= 4 is 56.1 Å². The smallest absolute Gasteiger partial charge is 0.309 e. The Kier molecular flexibility index (Phi) is 13.8. The van der Waals surface area contributed by atoms with Crippen LogP contribution in [0.25, 0.3) is 33.1 Å². The molecule has 2 aliphatic rings. The summed E-state index contributed by atoms with van der Waals surface area (Å²) in [6, 6.07) is 16.4. The molecule has 1 aliphatic heterocycles. The molecular weight excluding hydrogens is 799 g/mol. The number of aromatic nitrogens is 5. The van der Waals surface area contributed by atoms with Gasteiger partial charge in [-0.25, -0.2) is 9.67 Å². The molecule has 0 unspecified atom stereocenters. The molecular formula is C47H69N7O5Si2. The second kappa shape index (κ2) is 18.7. The van der Waals surface area contributed by atoms with E-state index < -0.39 is 16.4 Å². The van der Waals surface area contributed by atoms with E-state index in [-0.39, 0.29) is 29.1 Å². The predicted octanol–water partition coefficient (Wildman–Crippen LogP) is 10.8. The van der Waals surface area contributed by atoms with Crippen molar-refractivity contribution in [3.8, 4) is 16.9 Å². The van der Waals surface area contributed by atoms with Gasteiger partial charge in [0.2, 0.25) is 5.95 Å². The van der Waals surface area contributed by atoms with Gasteiger partial charge in [-0.1, -0.05) is 52.5 Å². The maximum atomic E-state index is 12.4. The topological polar surface area (TPSA) is 118 Å². The van der Waals surface area contributed by atoms with E-state index in [9.17, 15) is 4.79 Å². The fraction of sp³-hybridized carbons (Fsp3) is 0.574. The van der Waals surface area contributed by atoms with Crippen LogP contribution in [0.5, 0.6) is 5.75 Å². The van der Waals surface area contributed by atoms with Crippen molar-refractivity contribution in [3.63, 3.8) is 0 Å². The van der Waals surface area contributed by atoms with Crippen LogP contribution in [-0.2, 0) is 32.0 Å². The van der Waals surface area contributed by atoms with E-state index in [1.165, 1.54) is 5.56 Å². The van der Waals surface area contributed by atoms with Crippen LogP contribution in [0.1, 0.15) is 77.8 Å². The summed E-state index contributed by atoms with van der Waals surface area (Å²) in [4.78, 5) is 24.7. The van der Waals surface area contributed by atoms with Crippen LogP contribution in [-0.4, -0.2) is 91.1 Å². The lowest BCUT2D eigenvalue weighted by Gasteiger charge is -2.41. The molecule has 0 radical (unpaired) electrons. The third-order valence-electron chi connectivity index (χ3n) is 13.1. The quantitative estimate of drug-likeness (QED) is 0.0583. The Labute approximate surface area is 364 Å². The number of imidazole rings is 1. The number of methoxy groups -OCH3 is 1. The molecule has 7 rings (SSSR count). The molecule has 0 atom stereocenters. The molecule has 14 heteroatoms. The molecule has 0 bridgehead atoms. The highest BCUT2D eigenvalue weighted by molar-refractivity contribution is 6.76. The van der Waals surface area contributed by atoms with Crippen LogP contribution < -0.4 is 10.1 Å². The fourth-order valence-electron chi connectivity index (χ4n) is 8.51. The van der Waals surface area contributed by atoms with Crippen LogP contribution in [0.3, 0.4) is 0 Å². The molecule has 0 amide bonds. The lowest BCUT2D eigenvalue weighted by Crippen LogP contribution is -2.44. The maximum Gasteiger partial charge on any atom is 0.309 e. The number of carbonyl (C=O) groups is 1. The number of nitrogens with one attached hydrogen (secondary N) is 1. The summed E-state index contributed by atoms with van der Waals surface area (Å²) >= 11 is 0. The van der Waals surface area contributed by atoms with Gasteiger partial charge in [-0.2, -0.15) is 5.10 Å². The summed E-state index contributed by atoms with van der Waals surface area (Å²) in [5, 5.41) is 10.1. The molecule has 1 aliphatic carbocycles. The number of ether oxygens (including phenoxy) is 3. The predicted molar refractivity (Wildman–Crippen MR) is 251 cm³/mol. The first-order valence-corrected chi connectivity index (χ1v) is 29.1. The second-order valence-corrected chi connectivity index (χ2v) is 30.2. The summed E-state index contributed by atoms with van der Waals surface area (Å²) in [5.41, 5.74) is 6.16. The summed E-state index contributed by atoms with van der Waals surface area (Å²) in [6.45, 7) is 24.7. The Balaban J connectivity index is 1.22. The highest BCUT2D eigenvalue weighted by Crippen LogP contribution is 2.42. The van der Waals surface area contributed by atoms with E-state index in [1.807, 2.05) is 23.9 Å². The van der Waals surface area contributed by atoms with Crippen LogP contribution in [0.4, 0.5) is 11.8 Å². The zero-order valence-corrected chi connectivity index (χ0v) is 40.3. The summed E-state index contributed by atoms with van der Waals surface area (Å²) in [7, 11) is -1.46. The van der Waals surface area contributed by atoms with Gasteiger partial charge >= 0.3 is 5.97 Å². The highest BCUT2D eigenvalue weighted by atomic mass is 28.4. The van der Waals surface area contributed by atoms with Crippen molar-refractivity contribution in [2.24, 2.45) is 5.92 Å². The number of pyridine rings is 1. The first-order chi connectivity index (χ1) is 29.0. The molecule has 1 saturated heterocycles. The summed E-state index contributed by atoms with van der Waals surface area (Å²) in [5.74, 6) is 2.20. The first kappa shape index (κ1) is 45.0. The van der Waals surface area contributed by atoms with E-state index >= 15 is 0 Å². The molecule has 61 heavy (non-hydrogen) atoms. The summed E-state index contributed by atoms with van der Waals surface area (Å²) < 4.78 is 28.7. The molecule has 12 nitrogen and oxygen atoms in total. The van der Waals surface area contributed by atoms with Gasteiger partial charge in [0.15, 0.2) is 14.1 Å². The number of likely N-dealkylation sites (tertiary alicyclic amines) is 1. The largest absolute Gasteiger partial charge is 0.496 e. The SMILES string of the molecule is CCOC(=O)C1CCN(Cc2ccc3c(c2)nc(Nc2nn(COCC[Si](C)(C)C)c4ccc(-c5cnccc5OC)cc24)n3C2CCC(O[Si](C)(C)C(C)(C)C)CC2)CC1. The minimum Gasteiger partial charge on any atom is -0.496 e. The van der Waals surface area contributed by atoms with E-state index in [0.717, 1.165) is 115 Å². The average Bonchev–Trinajstić information content (AvgIpc) is 3.75. The van der Waals surface area contributed by atoms with Gasteiger partial charge in [-0.05, 0) is 124 Å². The first-order valence-electron chi connectivity index (χ1n) is 22.4. The fourth-order valence-corrected chi connectivity index (χ4v) is 10.7. The third-order valence-corrected chi connectivity index (χ3v) is 19.4. The van der Waals surface area contributed by atoms with E-state index in [0.29, 0.717) is 19.9 Å². The van der Waals surface area contributed by atoms with Crippen molar-refractivity contribution in [2.45, 2.75) is 135 Å². The van der Waals surface area contributed by atoms with Crippen LogP contribution in [0.15, 0.2) is 54.9 Å². The van der Waals surface area contributed by atoms with Crippen LogP contribution >= 0.6 is 0 Å². The Morgan fingerprint density at radius 2 is 1.67 bits per heavy atom.